The van der Waals surface area contributed by atoms with Crippen LogP contribution in [0.4, 0.5) is 0 Å². The summed E-state index contributed by atoms with van der Waals surface area (Å²) in [4.78, 5) is 0. The van der Waals surface area contributed by atoms with Gasteiger partial charge < -0.3 is 14.0 Å². The van der Waals surface area contributed by atoms with E-state index in [1.165, 1.54) is 39.2 Å². The molecule has 150 valence electrons. The molecule has 0 heterocycles. The maximum absolute atomic E-state index is 11.4. The summed E-state index contributed by atoms with van der Waals surface area (Å²) in [5, 5.41) is 15.9. The molecule has 5 atom stereocenters. The minimum absolute atomic E-state index is 0.0366. The Bertz CT molecular complexity index is 839. The molecule has 0 aromatic heterocycles. The molecule has 0 spiro atoms. The number of hydrogen-bond donors (Lipinski definition) is 2. The second-order valence-corrected chi connectivity index (χ2v) is 9.93. The molecule has 0 bridgehead atoms. The first-order valence-corrected chi connectivity index (χ1v) is 11.3. The van der Waals surface area contributed by atoms with Gasteiger partial charge in [-0.1, -0.05) is 19.8 Å². The molecule has 0 saturated heterocycles. The molecule has 0 aliphatic heterocycles. The smallest absolute Gasteiger partial charge is 0.380 e. The molecule has 6 nitrogen and oxygen atoms in total. The van der Waals surface area contributed by atoms with E-state index in [0.717, 1.165) is 24.0 Å². The molecule has 0 unspecified atom stereocenters. The highest BCUT2D eigenvalue weighted by molar-refractivity contribution is 7.84. The molecule has 2 saturated carbocycles. The third-order valence-electron chi connectivity index (χ3n) is 7.30. The maximum Gasteiger partial charge on any atom is 0.380 e. The van der Waals surface area contributed by atoms with Crippen LogP contribution in [0.2, 0.25) is 0 Å². The van der Waals surface area contributed by atoms with E-state index in [4.69, 9.17) is 14.1 Å². The zero-order valence-electron chi connectivity index (χ0n) is 16.0. The monoisotopic (exact) mass is 395 g/mol. The summed E-state index contributed by atoms with van der Waals surface area (Å²) in [5.74, 6) is 1.85. The average Bonchev–Trinajstić information content (AvgIpc) is 2.59. The van der Waals surface area contributed by atoms with Crippen LogP contribution in [0.25, 0.3) is 0 Å². The summed E-state index contributed by atoms with van der Waals surface area (Å²) in [6.07, 6.45) is 7.50. The SMILES string of the molecule is COc1cc2c(cc1OS(N)(=O)=O)[C@@H](O)C[C@@H]1[C@@H]2CC[C@]2(C)CCCC[C@@H]12. The summed E-state index contributed by atoms with van der Waals surface area (Å²) >= 11 is 0. The van der Waals surface area contributed by atoms with Gasteiger partial charge in [-0.3, -0.25) is 0 Å². The highest BCUT2D eigenvalue weighted by Crippen LogP contribution is 2.61. The third-order valence-corrected chi connectivity index (χ3v) is 7.71. The van der Waals surface area contributed by atoms with Gasteiger partial charge >= 0.3 is 10.3 Å². The molecular weight excluding hydrogens is 366 g/mol. The van der Waals surface area contributed by atoms with Crippen molar-refractivity contribution in [2.75, 3.05) is 7.11 Å². The summed E-state index contributed by atoms with van der Waals surface area (Å²) in [7, 11) is -2.68. The molecule has 3 aliphatic rings. The van der Waals surface area contributed by atoms with Gasteiger partial charge in [0.05, 0.1) is 13.2 Å². The van der Waals surface area contributed by atoms with Gasteiger partial charge in [0.1, 0.15) is 0 Å². The van der Waals surface area contributed by atoms with Crippen LogP contribution in [0.3, 0.4) is 0 Å². The Labute approximate surface area is 161 Å². The molecule has 1 aromatic carbocycles. The van der Waals surface area contributed by atoms with Crippen LogP contribution in [-0.4, -0.2) is 20.6 Å². The number of hydrogen-bond acceptors (Lipinski definition) is 5. The zero-order valence-corrected chi connectivity index (χ0v) is 16.8. The molecule has 4 rings (SSSR count). The Morgan fingerprint density at radius 1 is 1.15 bits per heavy atom. The maximum atomic E-state index is 11.4. The van der Waals surface area contributed by atoms with Gasteiger partial charge in [0.25, 0.3) is 0 Å². The number of methoxy groups -OCH3 is 1. The lowest BCUT2D eigenvalue weighted by Gasteiger charge is -2.55. The first-order chi connectivity index (χ1) is 12.7. The van der Waals surface area contributed by atoms with Crippen molar-refractivity contribution in [1.82, 2.24) is 0 Å². The molecule has 7 heteroatoms. The fourth-order valence-corrected chi connectivity index (χ4v) is 6.48. The van der Waals surface area contributed by atoms with Crippen molar-refractivity contribution < 1.29 is 22.4 Å². The Morgan fingerprint density at radius 2 is 1.89 bits per heavy atom. The average molecular weight is 396 g/mol. The van der Waals surface area contributed by atoms with Crippen LogP contribution < -0.4 is 14.1 Å². The van der Waals surface area contributed by atoms with Crippen molar-refractivity contribution in [2.24, 2.45) is 22.4 Å². The van der Waals surface area contributed by atoms with Crippen molar-refractivity contribution >= 4 is 10.3 Å². The van der Waals surface area contributed by atoms with Gasteiger partial charge in [0.15, 0.2) is 11.5 Å². The number of ether oxygens (including phenoxy) is 1. The largest absolute Gasteiger partial charge is 0.493 e. The van der Waals surface area contributed by atoms with E-state index >= 15 is 0 Å². The molecule has 3 N–H and O–H groups in total. The Balaban J connectivity index is 1.75. The Morgan fingerprint density at radius 3 is 2.59 bits per heavy atom. The van der Waals surface area contributed by atoms with Crippen molar-refractivity contribution in [2.45, 2.75) is 63.9 Å². The lowest BCUT2D eigenvalue weighted by molar-refractivity contribution is -0.0278. The van der Waals surface area contributed by atoms with Gasteiger partial charge in [-0.25, -0.2) is 0 Å². The first kappa shape index (κ1) is 19.0. The normalized spacial score (nSPS) is 35.6. The fourth-order valence-electron chi connectivity index (χ4n) is 6.10. The first-order valence-electron chi connectivity index (χ1n) is 9.84. The number of rotatable bonds is 3. The molecular formula is C20H29NO5S. The van der Waals surface area contributed by atoms with Crippen molar-refractivity contribution in [3.63, 3.8) is 0 Å². The molecule has 2 fully saturated rings. The van der Waals surface area contributed by atoms with Gasteiger partial charge in [-0.2, -0.15) is 13.6 Å². The predicted molar refractivity (Wildman–Crippen MR) is 102 cm³/mol. The topological polar surface area (TPSA) is 98.9 Å². The van der Waals surface area contributed by atoms with E-state index in [1.807, 2.05) is 6.07 Å². The lowest BCUT2D eigenvalue weighted by Crippen LogP contribution is -2.45. The molecule has 0 amide bonds. The zero-order chi connectivity index (χ0) is 19.4. The number of fused-ring (bicyclic) bond motifs is 5. The molecule has 1 aromatic rings. The quantitative estimate of drug-likeness (QED) is 0.817. The van der Waals surface area contributed by atoms with Crippen molar-refractivity contribution in [3.8, 4) is 11.5 Å². The summed E-state index contributed by atoms with van der Waals surface area (Å²) < 4.78 is 33.0. The number of benzene rings is 1. The highest BCUT2D eigenvalue weighted by Gasteiger charge is 2.50. The fraction of sp³-hybridized carbons (Fsp3) is 0.700. The lowest BCUT2D eigenvalue weighted by atomic mass is 9.50. The van der Waals surface area contributed by atoms with E-state index < -0.39 is 16.4 Å². The minimum Gasteiger partial charge on any atom is -0.493 e. The predicted octanol–water partition coefficient (Wildman–Crippen LogP) is 3.40. The van der Waals surface area contributed by atoms with Crippen LogP contribution >= 0.6 is 0 Å². The van der Waals surface area contributed by atoms with Crippen LogP contribution in [0.1, 0.15) is 75.0 Å². The van der Waals surface area contributed by atoms with Crippen molar-refractivity contribution in [1.29, 1.82) is 0 Å². The Kier molecular flexibility index (Phi) is 4.68. The number of nitrogens with two attached hydrogens (primary N) is 1. The molecule has 3 aliphatic carbocycles. The van der Waals surface area contributed by atoms with Gasteiger partial charge in [-0.15, -0.1) is 0 Å². The number of aliphatic hydroxyl groups is 1. The van der Waals surface area contributed by atoms with E-state index in [9.17, 15) is 13.5 Å². The van der Waals surface area contributed by atoms with Gasteiger partial charge in [-0.05, 0) is 78.5 Å². The van der Waals surface area contributed by atoms with Crippen LogP contribution in [0.5, 0.6) is 11.5 Å². The van der Waals surface area contributed by atoms with Crippen molar-refractivity contribution in [3.05, 3.63) is 23.3 Å². The second-order valence-electron chi connectivity index (χ2n) is 8.77. The molecule has 0 radical (unpaired) electrons. The second kappa shape index (κ2) is 6.64. The highest BCUT2D eigenvalue weighted by atomic mass is 32.2. The van der Waals surface area contributed by atoms with Crippen LogP contribution in [-0.2, 0) is 10.3 Å². The standard InChI is InChI=1S/C20H29NO5S/c1-20-7-4-3-5-16(20)14-9-17(22)15-11-19(26-27(21,23)24)18(25-2)10-13(15)12(14)6-8-20/h10-12,14,16-17,22H,3-9H2,1-2H3,(H2,21,23,24)/t12-,14-,16+,17+,20+/m1/s1. The van der Waals surface area contributed by atoms with E-state index in [-0.39, 0.29) is 5.75 Å². The van der Waals surface area contributed by atoms with E-state index in [2.05, 4.69) is 6.92 Å². The van der Waals surface area contributed by atoms with Crippen LogP contribution in [0.15, 0.2) is 12.1 Å². The van der Waals surface area contributed by atoms with Crippen LogP contribution in [0, 0.1) is 17.3 Å². The van der Waals surface area contributed by atoms with Gasteiger partial charge in [0.2, 0.25) is 0 Å². The summed E-state index contributed by atoms with van der Waals surface area (Å²) in [5.41, 5.74) is 2.21. The minimum atomic E-state index is -4.16. The van der Waals surface area contributed by atoms with Gasteiger partial charge in [0, 0.05) is 0 Å². The summed E-state index contributed by atoms with van der Waals surface area (Å²) in [6, 6.07) is 3.44. The summed E-state index contributed by atoms with van der Waals surface area (Å²) in [6.45, 7) is 2.43. The number of aliphatic hydroxyl groups excluding tert-OH is 1. The van der Waals surface area contributed by atoms with E-state index in [1.54, 1.807) is 6.07 Å². The molecule has 27 heavy (non-hydrogen) atoms. The van der Waals surface area contributed by atoms with E-state index in [0.29, 0.717) is 28.9 Å². The third kappa shape index (κ3) is 3.34. The Hall–Kier alpha value is -1.31.